The van der Waals surface area contributed by atoms with Gasteiger partial charge in [0.25, 0.3) is 0 Å². The first-order chi connectivity index (χ1) is 14.8. The van der Waals surface area contributed by atoms with Gasteiger partial charge >= 0.3 is 0 Å². The fourth-order valence-electron chi connectivity index (χ4n) is 3.21. The van der Waals surface area contributed by atoms with Crippen LogP contribution in [0.5, 0.6) is 5.75 Å². The van der Waals surface area contributed by atoms with Gasteiger partial charge in [-0.25, -0.2) is 0 Å². The molecule has 2 rings (SSSR count). The van der Waals surface area contributed by atoms with Gasteiger partial charge in [0.15, 0.2) is 0 Å². The zero-order valence-corrected chi connectivity index (χ0v) is 20.0. The maximum Gasteiger partial charge on any atom is 0.243 e. The predicted octanol–water partition coefficient (Wildman–Crippen LogP) is 5.27. The monoisotopic (exact) mass is 464 g/mol. The summed E-state index contributed by atoms with van der Waals surface area (Å²) in [6.45, 7) is 6.19. The van der Waals surface area contributed by atoms with E-state index in [1.807, 2.05) is 45.0 Å². The van der Waals surface area contributed by atoms with E-state index in [4.69, 9.17) is 27.9 Å². The molecule has 7 heteroatoms. The van der Waals surface area contributed by atoms with Crippen molar-refractivity contribution in [2.24, 2.45) is 0 Å². The van der Waals surface area contributed by atoms with Gasteiger partial charge in [0, 0.05) is 12.6 Å². The van der Waals surface area contributed by atoms with Crippen LogP contribution in [0.1, 0.15) is 44.7 Å². The molecule has 0 aliphatic carbocycles. The lowest BCUT2D eigenvalue weighted by molar-refractivity contribution is -0.141. The summed E-state index contributed by atoms with van der Waals surface area (Å²) in [6.07, 6.45) is 1.45. The highest BCUT2D eigenvalue weighted by Gasteiger charge is 2.29. The lowest BCUT2D eigenvalue weighted by atomic mass is 10.1. The van der Waals surface area contributed by atoms with Crippen molar-refractivity contribution in [1.82, 2.24) is 10.2 Å². The molecule has 0 aliphatic heterocycles. The van der Waals surface area contributed by atoms with Gasteiger partial charge in [-0.05, 0) is 55.2 Å². The summed E-state index contributed by atoms with van der Waals surface area (Å²) < 4.78 is 5.22. The average Bonchev–Trinajstić information content (AvgIpc) is 2.76. The van der Waals surface area contributed by atoms with Crippen LogP contribution in [0.15, 0.2) is 42.5 Å². The van der Waals surface area contributed by atoms with Crippen LogP contribution >= 0.6 is 23.2 Å². The molecule has 0 aliphatic rings. The number of ether oxygens (including phenoxy) is 1. The van der Waals surface area contributed by atoms with Crippen molar-refractivity contribution in [3.8, 4) is 5.75 Å². The highest BCUT2D eigenvalue weighted by atomic mass is 35.5. The first kappa shape index (κ1) is 25.0. The molecule has 0 radical (unpaired) electrons. The van der Waals surface area contributed by atoms with E-state index in [-0.39, 0.29) is 24.3 Å². The zero-order valence-electron chi connectivity index (χ0n) is 18.5. The third-order valence-electron chi connectivity index (χ3n) is 5.24. The Morgan fingerprint density at radius 1 is 1.00 bits per heavy atom. The third-order valence-corrected chi connectivity index (χ3v) is 5.98. The number of carbonyl (C=O) groups excluding carboxylic acids is 2. The Bertz CT molecular complexity index is 887. The molecule has 2 atom stereocenters. The third kappa shape index (κ3) is 7.15. The standard InChI is InChI=1S/C24H30Cl2N2O3/c1-5-16(3)27-24(30)22(6-2)28(15-17-7-10-19(31-4)11-8-17)23(29)14-18-9-12-20(25)21(26)13-18/h7-13,16,22H,5-6,14-15H2,1-4H3,(H,27,30)/t16-,22+/m1/s1. The van der Waals surface area contributed by atoms with Crippen molar-refractivity contribution in [3.05, 3.63) is 63.6 Å². The number of nitrogens with one attached hydrogen (secondary N) is 1. The van der Waals surface area contributed by atoms with E-state index in [2.05, 4.69) is 5.32 Å². The van der Waals surface area contributed by atoms with Crippen LogP contribution in [0, 0.1) is 0 Å². The minimum atomic E-state index is -0.577. The van der Waals surface area contributed by atoms with E-state index in [0.29, 0.717) is 23.0 Å². The Morgan fingerprint density at radius 3 is 2.19 bits per heavy atom. The Balaban J connectivity index is 2.30. The molecule has 0 heterocycles. The van der Waals surface area contributed by atoms with Crippen LogP contribution in [0.3, 0.4) is 0 Å². The molecule has 0 fully saturated rings. The van der Waals surface area contributed by atoms with Gasteiger partial charge in [0.2, 0.25) is 11.8 Å². The van der Waals surface area contributed by atoms with Crippen molar-refractivity contribution >= 4 is 35.0 Å². The smallest absolute Gasteiger partial charge is 0.243 e. The Morgan fingerprint density at radius 2 is 1.65 bits per heavy atom. The van der Waals surface area contributed by atoms with E-state index in [1.54, 1.807) is 30.2 Å². The second-order valence-corrected chi connectivity index (χ2v) is 8.35. The van der Waals surface area contributed by atoms with Crippen molar-refractivity contribution in [2.75, 3.05) is 7.11 Å². The molecule has 31 heavy (non-hydrogen) atoms. The Hall–Kier alpha value is -2.24. The van der Waals surface area contributed by atoms with Crippen LogP contribution in [0.2, 0.25) is 10.0 Å². The van der Waals surface area contributed by atoms with E-state index in [0.717, 1.165) is 23.3 Å². The van der Waals surface area contributed by atoms with Crippen molar-refractivity contribution in [3.63, 3.8) is 0 Å². The number of benzene rings is 2. The molecule has 0 unspecified atom stereocenters. The van der Waals surface area contributed by atoms with E-state index in [9.17, 15) is 9.59 Å². The van der Waals surface area contributed by atoms with Crippen molar-refractivity contribution < 1.29 is 14.3 Å². The number of carbonyl (C=O) groups is 2. The highest BCUT2D eigenvalue weighted by molar-refractivity contribution is 6.42. The van der Waals surface area contributed by atoms with Gasteiger partial charge in [-0.15, -0.1) is 0 Å². The molecule has 2 aromatic carbocycles. The Labute approximate surface area is 194 Å². The second-order valence-electron chi connectivity index (χ2n) is 7.54. The maximum atomic E-state index is 13.3. The van der Waals surface area contributed by atoms with Gasteiger partial charge in [0.05, 0.1) is 23.6 Å². The number of rotatable bonds is 10. The number of hydrogen-bond acceptors (Lipinski definition) is 3. The molecule has 0 aromatic heterocycles. The van der Waals surface area contributed by atoms with Crippen molar-refractivity contribution in [2.45, 2.75) is 58.7 Å². The summed E-state index contributed by atoms with van der Waals surface area (Å²) in [7, 11) is 1.61. The first-order valence-corrected chi connectivity index (χ1v) is 11.2. The Kier molecular flexibility index (Phi) is 9.66. The maximum absolute atomic E-state index is 13.3. The summed E-state index contributed by atoms with van der Waals surface area (Å²) in [5.41, 5.74) is 1.66. The van der Waals surface area contributed by atoms with E-state index in [1.165, 1.54) is 0 Å². The predicted molar refractivity (Wildman–Crippen MR) is 126 cm³/mol. The molecule has 0 saturated carbocycles. The number of nitrogens with zero attached hydrogens (tertiary/aromatic N) is 1. The lowest BCUT2D eigenvalue weighted by Crippen LogP contribution is -2.51. The van der Waals surface area contributed by atoms with E-state index < -0.39 is 6.04 Å². The summed E-state index contributed by atoms with van der Waals surface area (Å²) in [5, 5.41) is 3.84. The van der Waals surface area contributed by atoms with E-state index >= 15 is 0 Å². The molecule has 2 aromatic rings. The van der Waals surface area contributed by atoms with Crippen LogP contribution in [-0.2, 0) is 22.6 Å². The second kappa shape index (κ2) is 12.0. The number of amides is 2. The summed E-state index contributed by atoms with van der Waals surface area (Å²) in [6, 6.07) is 12.1. The molecule has 5 nitrogen and oxygen atoms in total. The van der Waals surface area contributed by atoms with Gasteiger partial charge in [-0.2, -0.15) is 0 Å². The molecular formula is C24H30Cl2N2O3. The largest absolute Gasteiger partial charge is 0.497 e. The molecule has 0 spiro atoms. The average molecular weight is 465 g/mol. The lowest BCUT2D eigenvalue weighted by Gasteiger charge is -2.31. The van der Waals surface area contributed by atoms with Crippen LogP contribution in [-0.4, -0.2) is 35.9 Å². The van der Waals surface area contributed by atoms with Crippen molar-refractivity contribution in [1.29, 1.82) is 0 Å². The molecule has 2 amide bonds. The summed E-state index contributed by atoms with van der Waals surface area (Å²) >= 11 is 12.1. The number of halogens is 2. The number of methoxy groups -OCH3 is 1. The fourth-order valence-corrected chi connectivity index (χ4v) is 3.53. The summed E-state index contributed by atoms with van der Waals surface area (Å²) in [5.74, 6) is 0.437. The normalized spacial score (nSPS) is 12.7. The minimum absolute atomic E-state index is 0.0366. The van der Waals surface area contributed by atoms with Gasteiger partial charge < -0.3 is 15.0 Å². The molecule has 1 N–H and O–H groups in total. The molecule has 0 bridgehead atoms. The summed E-state index contributed by atoms with van der Waals surface area (Å²) in [4.78, 5) is 28.0. The quantitative estimate of drug-likeness (QED) is 0.520. The van der Waals surface area contributed by atoms with Gasteiger partial charge in [-0.3, -0.25) is 9.59 Å². The van der Waals surface area contributed by atoms with Crippen LogP contribution in [0.4, 0.5) is 0 Å². The SMILES string of the molecule is CC[C@@H](C)NC(=O)[C@H](CC)N(Cc1ccc(OC)cc1)C(=O)Cc1ccc(Cl)c(Cl)c1. The number of hydrogen-bond donors (Lipinski definition) is 1. The molecular weight excluding hydrogens is 435 g/mol. The highest BCUT2D eigenvalue weighted by Crippen LogP contribution is 2.24. The van der Waals surface area contributed by atoms with Crippen LogP contribution in [0.25, 0.3) is 0 Å². The fraction of sp³-hybridized carbons (Fsp3) is 0.417. The molecule has 168 valence electrons. The molecule has 0 saturated heterocycles. The topological polar surface area (TPSA) is 58.6 Å². The van der Waals surface area contributed by atoms with Gasteiger partial charge in [-0.1, -0.05) is 55.2 Å². The van der Waals surface area contributed by atoms with Gasteiger partial charge in [0.1, 0.15) is 11.8 Å². The van der Waals surface area contributed by atoms with Crippen LogP contribution < -0.4 is 10.1 Å². The zero-order chi connectivity index (χ0) is 23.0. The first-order valence-electron chi connectivity index (χ1n) is 10.5. The minimum Gasteiger partial charge on any atom is -0.497 e.